The number of ether oxygens (including phenoxy) is 1. The molecule has 0 aliphatic rings. The molecule has 0 aromatic heterocycles. The first-order chi connectivity index (χ1) is 9.03. The van der Waals surface area contributed by atoms with Gasteiger partial charge in [-0.25, -0.2) is 4.79 Å². The molecule has 0 aliphatic carbocycles. The summed E-state index contributed by atoms with van der Waals surface area (Å²) in [7, 11) is 0. The fourth-order valence-electron chi connectivity index (χ4n) is 1.36. The standard InChI is InChI=1S/C12H15NO4S2/c1-4-10(14)9-6-5-8(7-11(9)15)17-12(16)13(18-2)19-3/h5-7,15H,4H2,1-3H3. The smallest absolute Gasteiger partial charge is 0.435 e. The number of amides is 1. The normalized spacial score (nSPS) is 10.1. The van der Waals surface area contributed by atoms with E-state index in [0.29, 0.717) is 6.42 Å². The van der Waals surface area contributed by atoms with Crippen LogP contribution < -0.4 is 4.74 Å². The molecular formula is C12H15NO4S2. The first-order valence-corrected chi connectivity index (χ1v) is 7.86. The summed E-state index contributed by atoms with van der Waals surface area (Å²) in [5.41, 5.74) is 0.230. The minimum absolute atomic E-state index is 0.162. The van der Waals surface area contributed by atoms with Gasteiger partial charge in [-0.1, -0.05) is 6.92 Å². The van der Waals surface area contributed by atoms with Gasteiger partial charge in [0, 0.05) is 25.0 Å². The van der Waals surface area contributed by atoms with Gasteiger partial charge in [0.1, 0.15) is 11.5 Å². The first-order valence-electron chi connectivity index (χ1n) is 5.49. The van der Waals surface area contributed by atoms with Gasteiger partial charge >= 0.3 is 6.09 Å². The van der Waals surface area contributed by atoms with Crippen LogP contribution in [0.15, 0.2) is 18.2 Å². The van der Waals surface area contributed by atoms with Crippen molar-refractivity contribution in [2.24, 2.45) is 0 Å². The van der Waals surface area contributed by atoms with Crippen LogP contribution in [0.2, 0.25) is 0 Å². The molecular weight excluding hydrogens is 286 g/mol. The third-order valence-electron chi connectivity index (χ3n) is 2.28. The predicted octanol–water partition coefficient (Wildman–Crippen LogP) is 3.34. The van der Waals surface area contributed by atoms with E-state index >= 15 is 0 Å². The van der Waals surface area contributed by atoms with Crippen LogP contribution in [0.4, 0.5) is 4.79 Å². The number of hydrogen-bond donors (Lipinski definition) is 1. The molecule has 0 spiro atoms. The number of aromatic hydroxyl groups is 1. The van der Waals surface area contributed by atoms with Gasteiger partial charge in [0.05, 0.1) is 5.56 Å². The molecule has 1 N–H and O–H groups in total. The molecule has 1 rings (SSSR count). The van der Waals surface area contributed by atoms with E-state index in [0.717, 1.165) is 0 Å². The van der Waals surface area contributed by atoms with Gasteiger partial charge in [-0.2, -0.15) is 3.71 Å². The van der Waals surface area contributed by atoms with E-state index in [1.54, 1.807) is 19.4 Å². The molecule has 19 heavy (non-hydrogen) atoms. The Hall–Kier alpha value is -1.34. The maximum atomic E-state index is 11.7. The fourth-order valence-corrected chi connectivity index (χ4v) is 2.33. The van der Waals surface area contributed by atoms with Crippen molar-refractivity contribution in [3.63, 3.8) is 0 Å². The molecule has 0 radical (unpaired) electrons. The van der Waals surface area contributed by atoms with E-state index in [1.165, 1.54) is 45.8 Å². The van der Waals surface area contributed by atoms with Crippen molar-refractivity contribution < 1.29 is 19.4 Å². The highest BCUT2D eigenvalue weighted by Gasteiger charge is 2.16. The van der Waals surface area contributed by atoms with Crippen molar-refractivity contribution in [2.45, 2.75) is 13.3 Å². The lowest BCUT2D eigenvalue weighted by molar-refractivity contribution is 0.0985. The number of phenolic OH excluding ortho intramolecular Hbond substituents is 1. The summed E-state index contributed by atoms with van der Waals surface area (Å²) in [6.45, 7) is 1.71. The number of phenols is 1. The molecule has 0 atom stereocenters. The second-order valence-corrected chi connectivity index (χ2v) is 5.14. The van der Waals surface area contributed by atoms with Crippen LogP contribution in [-0.4, -0.2) is 33.2 Å². The second kappa shape index (κ2) is 7.30. The van der Waals surface area contributed by atoms with Crippen LogP contribution in [0.3, 0.4) is 0 Å². The number of nitrogens with zero attached hydrogens (tertiary/aromatic N) is 1. The number of hydrogen-bond acceptors (Lipinski definition) is 6. The molecule has 0 fully saturated rings. The molecule has 1 aromatic carbocycles. The second-order valence-electron chi connectivity index (χ2n) is 3.45. The van der Waals surface area contributed by atoms with Gasteiger partial charge in [-0.3, -0.25) is 4.79 Å². The summed E-state index contributed by atoms with van der Waals surface area (Å²) < 4.78 is 6.43. The lowest BCUT2D eigenvalue weighted by Crippen LogP contribution is -2.20. The SMILES string of the molecule is CCC(=O)c1ccc(OC(=O)N(SC)SC)cc1O. The van der Waals surface area contributed by atoms with Gasteiger partial charge in [-0.05, 0) is 36.0 Å². The van der Waals surface area contributed by atoms with E-state index in [-0.39, 0.29) is 22.8 Å². The molecule has 0 unspecified atom stereocenters. The van der Waals surface area contributed by atoms with E-state index in [4.69, 9.17) is 4.74 Å². The Balaban J connectivity index is 2.84. The zero-order valence-corrected chi connectivity index (χ0v) is 12.5. The van der Waals surface area contributed by atoms with Gasteiger partial charge < -0.3 is 9.84 Å². The van der Waals surface area contributed by atoms with Gasteiger partial charge in [0.15, 0.2) is 5.78 Å². The number of rotatable bonds is 5. The van der Waals surface area contributed by atoms with Crippen molar-refractivity contribution in [2.75, 3.05) is 12.5 Å². The summed E-state index contributed by atoms with van der Waals surface area (Å²) in [4.78, 5) is 23.2. The van der Waals surface area contributed by atoms with E-state index in [1.807, 2.05) is 0 Å². The highest BCUT2D eigenvalue weighted by molar-refractivity contribution is 8.12. The molecule has 0 saturated heterocycles. The summed E-state index contributed by atoms with van der Waals surface area (Å²) >= 11 is 2.44. The van der Waals surface area contributed by atoms with Crippen LogP contribution in [-0.2, 0) is 0 Å². The minimum atomic E-state index is -0.547. The molecule has 1 aromatic rings. The monoisotopic (exact) mass is 301 g/mol. The number of Topliss-reactive ketones (excluding diaryl/α,β-unsaturated/α-hetero) is 1. The molecule has 0 heterocycles. The summed E-state index contributed by atoms with van der Waals surface area (Å²) in [6, 6.07) is 4.20. The number of carbonyl (C=O) groups excluding carboxylic acids is 2. The molecule has 104 valence electrons. The van der Waals surface area contributed by atoms with E-state index in [2.05, 4.69) is 0 Å². The summed E-state index contributed by atoms with van der Waals surface area (Å²) in [5, 5.41) is 9.72. The number of ketones is 1. The maximum absolute atomic E-state index is 11.7. The predicted molar refractivity (Wildman–Crippen MR) is 77.6 cm³/mol. The molecule has 5 nitrogen and oxygen atoms in total. The Bertz CT molecular complexity index is 475. The van der Waals surface area contributed by atoms with Crippen molar-refractivity contribution in [3.8, 4) is 11.5 Å². The van der Waals surface area contributed by atoms with Crippen LogP contribution in [0.1, 0.15) is 23.7 Å². The Morgan fingerprint density at radius 3 is 2.42 bits per heavy atom. The molecule has 0 saturated carbocycles. The zero-order valence-electron chi connectivity index (χ0n) is 10.9. The van der Waals surface area contributed by atoms with Crippen molar-refractivity contribution in [1.29, 1.82) is 0 Å². The van der Waals surface area contributed by atoms with E-state index in [9.17, 15) is 14.7 Å². The highest BCUT2D eigenvalue weighted by atomic mass is 32.2. The molecule has 0 aliphatic heterocycles. The largest absolute Gasteiger partial charge is 0.507 e. The third kappa shape index (κ3) is 4.07. The Kier molecular flexibility index (Phi) is 6.04. The van der Waals surface area contributed by atoms with Crippen LogP contribution in [0.25, 0.3) is 0 Å². The zero-order chi connectivity index (χ0) is 14.4. The Labute approximate surface area is 120 Å². The average molecular weight is 301 g/mol. The quantitative estimate of drug-likeness (QED) is 0.664. The first kappa shape index (κ1) is 15.7. The van der Waals surface area contributed by atoms with Gasteiger partial charge in [0.25, 0.3) is 0 Å². The topological polar surface area (TPSA) is 66.8 Å². The van der Waals surface area contributed by atoms with Crippen molar-refractivity contribution in [1.82, 2.24) is 3.71 Å². The fraction of sp³-hybridized carbons (Fsp3) is 0.333. The highest BCUT2D eigenvalue weighted by Crippen LogP contribution is 2.26. The van der Waals surface area contributed by atoms with E-state index < -0.39 is 6.09 Å². The van der Waals surface area contributed by atoms with Crippen LogP contribution in [0.5, 0.6) is 11.5 Å². The number of carbonyl (C=O) groups is 2. The van der Waals surface area contributed by atoms with Gasteiger partial charge in [-0.15, -0.1) is 0 Å². The third-order valence-corrected chi connectivity index (χ3v) is 4.13. The lowest BCUT2D eigenvalue weighted by Gasteiger charge is -2.15. The summed E-state index contributed by atoms with van der Waals surface area (Å²) in [6.07, 6.45) is 3.25. The number of benzene rings is 1. The van der Waals surface area contributed by atoms with Crippen molar-refractivity contribution >= 4 is 35.8 Å². The van der Waals surface area contributed by atoms with Gasteiger partial charge in [0.2, 0.25) is 0 Å². The molecule has 0 bridgehead atoms. The van der Waals surface area contributed by atoms with Crippen molar-refractivity contribution in [3.05, 3.63) is 23.8 Å². The average Bonchev–Trinajstić information content (AvgIpc) is 2.39. The minimum Gasteiger partial charge on any atom is -0.507 e. The van der Waals surface area contributed by atoms with Crippen LogP contribution in [0, 0.1) is 0 Å². The Morgan fingerprint density at radius 2 is 1.95 bits per heavy atom. The molecule has 1 amide bonds. The summed E-state index contributed by atoms with van der Waals surface area (Å²) in [5.74, 6) is -0.148. The van der Waals surface area contributed by atoms with Crippen LogP contribution >= 0.6 is 23.9 Å². The molecule has 7 heteroatoms. The Morgan fingerprint density at radius 1 is 1.32 bits per heavy atom. The lowest BCUT2D eigenvalue weighted by atomic mass is 10.1. The maximum Gasteiger partial charge on any atom is 0.435 e.